The standard InChI is InChI=1S/C18H21N3O3S/c22-17(21-5-3-16-14(12-21)4-11-25-16)13-19-6-8-20(9-7-19)18(23)15-2-1-10-24-15/h1-2,4,10-11H,3,5-9,12-13H2. The molecule has 1 saturated heterocycles. The number of piperazine rings is 1. The summed E-state index contributed by atoms with van der Waals surface area (Å²) in [4.78, 5) is 32.2. The van der Waals surface area contributed by atoms with Gasteiger partial charge in [-0.1, -0.05) is 0 Å². The number of fused-ring (bicyclic) bond motifs is 1. The molecule has 0 unspecified atom stereocenters. The van der Waals surface area contributed by atoms with Crippen LogP contribution in [0.5, 0.6) is 0 Å². The zero-order valence-corrected chi connectivity index (χ0v) is 14.8. The molecule has 7 heteroatoms. The summed E-state index contributed by atoms with van der Waals surface area (Å²) in [7, 11) is 0. The molecule has 132 valence electrons. The number of furan rings is 1. The quantitative estimate of drug-likeness (QED) is 0.837. The lowest BCUT2D eigenvalue weighted by Gasteiger charge is -2.35. The van der Waals surface area contributed by atoms with E-state index in [1.54, 1.807) is 28.4 Å². The Bertz CT molecular complexity index is 747. The van der Waals surface area contributed by atoms with Gasteiger partial charge in [0.15, 0.2) is 5.76 Å². The van der Waals surface area contributed by atoms with Crippen molar-refractivity contribution in [3.63, 3.8) is 0 Å². The van der Waals surface area contributed by atoms with Crippen molar-refractivity contribution in [2.24, 2.45) is 0 Å². The van der Waals surface area contributed by atoms with Crippen LogP contribution in [0.3, 0.4) is 0 Å². The Kier molecular flexibility index (Phi) is 4.59. The summed E-state index contributed by atoms with van der Waals surface area (Å²) in [6.07, 6.45) is 2.48. The first-order valence-corrected chi connectivity index (χ1v) is 9.47. The summed E-state index contributed by atoms with van der Waals surface area (Å²) < 4.78 is 5.18. The van der Waals surface area contributed by atoms with Gasteiger partial charge in [0.2, 0.25) is 5.91 Å². The molecular formula is C18H21N3O3S. The van der Waals surface area contributed by atoms with E-state index >= 15 is 0 Å². The molecular weight excluding hydrogens is 338 g/mol. The minimum atomic E-state index is -0.0722. The number of hydrogen-bond donors (Lipinski definition) is 0. The predicted octanol–water partition coefficient (Wildman–Crippen LogP) is 1.68. The van der Waals surface area contributed by atoms with Crippen LogP contribution in [-0.4, -0.2) is 65.8 Å². The second-order valence-corrected chi connectivity index (χ2v) is 7.48. The Balaban J connectivity index is 1.27. The third-order valence-corrected chi connectivity index (χ3v) is 5.93. The Morgan fingerprint density at radius 2 is 1.92 bits per heavy atom. The van der Waals surface area contributed by atoms with Gasteiger partial charge in [0.25, 0.3) is 5.91 Å². The molecule has 0 N–H and O–H groups in total. The number of hydrogen-bond acceptors (Lipinski definition) is 5. The van der Waals surface area contributed by atoms with Crippen LogP contribution < -0.4 is 0 Å². The lowest BCUT2D eigenvalue weighted by atomic mass is 10.1. The monoisotopic (exact) mass is 359 g/mol. The van der Waals surface area contributed by atoms with Gasteiger partial charge in [0, 0.05) is 44.1 Å². The summed E-state index contributed by atoms with van der Waals surface area (Å²) in [6.45, 7) is 4.66. The van der Waals surface area contributed by atoms with Gasteiger partial charge in [0.05, 0.1) is 12.8 Å². The number of thiophene rings is 1. The number of carbonyl (C=O) groups excluding carboxylic acids is 2. The van der Waals surface area contributed by atoms with E-state index in [2.05, 4.69) is 16.3 Å². The van der Waals surface area contributed by atoms with Crippen molar-refractivity contribution < 1.29 is 14.0 Å². The van der Waals surface area contributed by atoms with Gasteiger partial charge in [-0.3, -0.25) is 14.5 Å². The van der Waals surface area contributed by atoms with E-state index in [9.17, 15) is 9.59 Å². The van der Waals surface area contributed by atoms with Gasteiger partial charge in [-0.05, 0) is 35.6 Å². The van der Waals surface area contributed by atoms with Crippen molar-refractivity contribution in [3.05, 3.63) is 46.0 Å². The summed E-state index contributed by atoms with van der Waals surface area (Å²) in [5.74, 6) is 0.490. The van der Waals surface area contributed by atoms with Gasteiger partial charge < -0.3 is 14.2 Å². The van der Waals surface area contributed by atoms with Gasteiger partial charge >= 0.3 is 0 Å². The second kappa shape index (κ2) is 7.01. The van der Waals surface area contributed by atoms with E-state index in [0.717, 1.165) is 32.6 Å². The molecule has 6 nitrogen and oxygen atoms in total. The van der Waals surface area contributed by atoms with Crippen molar-refractivity contribution in [2.75, 3.05) is 39.3 Å². The first kappa shape index (κ1) is 16.4. The highest BCUT2D eigenvalue weighted by atomic mass is 32.1. The fraction of sp³-hybridized carbons (Fsp3) is 0.444. The van der Waals surface area contributed by atoms with E-state index < -0.39 is 0 Å². The summed E-state index contributed by atoms with van der Waals surface area (Å²) in [5, 5.41) is 2.11. The molecule has 1 fully saturated rings. The van der Waals surface area contributed by atoms with Crippen molar-refractivity contribution >= 4 is 23.2 Å². The maximum atomic E-state index is 12.6. The van der Waals surface area contributed by atoms with Crippen LogP contribution in [0.1, 0.15) is 21.0 Å². The molecule has 0 atom stereocenters. The predicted molar refractivity (Wildman–Crippen MR) is 94.5 cm³/mol. The van der Waals surface area contributed by atoms with E-state index in [0.29, 0.717) is 25.4 Å². The van der Waals surface area contributed by atoms with Crippen LogP contribution in [0.2, 0.25) is 0 Å². The van der Waals surface area contributed by atoms with Crippen LogP contribution >= 0.6 is 11.3 Å². The maximum absolute atomic E-state index is 12.6. The molecule has 0 spiro atoms. The van der Waals surface area contributed by atoms with Gasteiger partial charge in [-0.2, -0.15) is 0 Å². The number of carbonyl (C=O) groups is 2. The first-order chi connectivity index (χ1) is 12.2. The lowest BCUT2D eigenvalue weighted by Crippen LogP contribution is -2.51. The summed E-state index contributed by atoms with van der Waals surface area (Å²) in [6, 6.07) is 5.53. The number of rotatable bonds is 3. The third kappa shape index (κ3) is 3.48. The maximum Gasteiger partial charge on any atom is 0.289 e. The SMILES string of the molecule is O=C(CN1CCN(C(=O)c2ccco2)CC1)N1CCc2sccc2C1. The number of amides is 2. The van der Waals surface area contributed by atoms with E-state index in [4.69, 9.17) is 4.42 Å². The van der Waals surface area contributed by atoms with Crippen LogP contribution in [0.4, 0.5) is 0 Å². The van der Waals surface area contributed by atoms with Gasteiger partial charge in [-0.25, -0.2) is 0 Å². The largest absolute Gasteiger partial charge is 0.459 e. The molecule has 2 aromatic heterocycles. The molecule has 2 aromatic rings. The summed E-state index contributed by atoms with van der Waals surface area (Å²) >= 11 is 1.78. The topological polar surface area (TPSA) is 57.0 Å². The zero-order valence-electron chi connectivity index (χ0n) is 14.0. The molecule has 0 aliphatic carbocycles. The molecule has 2 aliphatic heterocycles. The van der Waals surface area contributed by atoms with Crippen LogP contribution in [0.15, 0.2) is 34.3 Å². The lowest BCUT2D eigenvalue weighted by molar-refractivity contribution is -0.133. The zero-order chi connectivity index (χ0) is 17.2. The molecule has 2 amide bonds. The first-order valence-electron chi connectivity index (χ1n) is 8.59. The van der Waals surface area contributed by atoms with Crippen molar-refractivity contribution in [1.82, 2.24) is 14.7 Å². The molecule has 0 radical (unpaired) electrons. The smallest absolute Gasteiger partial charge is 0.289 e. The second-order valence-electron chi connectivity index (χ2n) is 6.48. The highest BCUT2D eigenvalue weighted by Crippen LogP contribution is 2.24. The van der Waals surface area contributed by atoms with E-state index in [1.807, 2.05) is 4.90 Å². The Labute approximate surface area is 150 Å². The molecule has 4 rings (SSSR count). The Hall–Kier alpha value is -2.12. The number of nitrogens with zero attached hydrogens (tertiary/aromatic N) is 3. The minimum absolute atomic E-state index is 0.0722. The van der Waals surface area contributed by atoms with Crippen molar-refractivity contribution in [3.8, 4) is 0 Å². The molecule has 2 aliphatic rings. The van der Waals surface area contributed by atoms with Gasteiger partial charge in [0.1, 0.15) is 0 Å². The van der Waals surface area contributed by atoms with Crippen molar-refractivity contribution in [2.45, 2.75) is 13.0 Å². The molecule has 4 heterocycles. The average Bonchev–Trinajstić information content (AvgIpc) is 3.32. The van der Waals surface area contributed by atoms with Crippen LogP contribution in [0, 0.1) is 0 Å². The molecule has 0 aromatic carbocycles. The Morgan fingerprint density at radius 1 is 1.08 bits per heavy atom. The fourth-order valence-electron chi connectivity index (χ4n) is 3.42. The molecule has 0 bridgehead atoms. The van der Waals surface area contributed by atoms with E-state index in [-0.39, 0.29) is 11.8 Å². The normalized spacial score (nSPS) is 18.2. The highest BCUT2D eigenvalue weighted by molar-refractivity contribution is 7.10. The van der Waals surface area contributed by atoms with Crippen LogP contribution in [-0.2, 0) is 17.8 Å². The minimum Gasteiger partial charge on any atom is -0.459 e. The van der Waals surface area contributed by atoms with Gasteiger partial charge in [-0.15, -0.1) is 11.3 Å². The average molecular weight is 359 g/mol. The molecule has 0 saturated carbocycles. The molecule has 25 heavy (non-hydrogen) atoms. The Morgan fingerprint density at radius 3 is 2.68 bits per heavy atom. The highest BCUT2D eigenvalue weighted by Gasteiger charge is 2.27. The van der Waals surface area contributed by atoms with Crippen molar-refractivity contribution in [1.29, 1.82) is 0 Å². The van der Waals surface area contributed by atoms with E-state index in [1.165, 1.54) is 16.7 Å². The van der Waals surface area contributed by atoms with Crippen LogP contribution in [0.25, 0.3) is 0 Å². The summed E-state index contributed by atoms with van der Waals surface area (Å²) in [5.41, 5.74) is 1.29. The third-order valence-electron chi connectivity index (χ3n) is 4.91. The fourth-order valence-corrected chi connectivity index (χ4v) is 4.31.